The summed E-state index contributed by atoms with van der Waals surface area (Å²) in [4.78, 5) is 27.4. The van der Waals surface area contributed by atoms with Crippen LogP contribution in [0.4, 0.5) is 5.82 Å². The SMILES string of the molecule is Cc1cc(NC(=O)CN2CCN(C(=O)[C@@H](C)N)CC2)no1. The van der Waals surface area contributed by atoms with Crippen LogP contribution in [0, 0.1) is 6.92 Å². The molecule has 8 heteroatoms. The average Bonchev–Trinajstić information content (AvgIpc) is 2.83. The van der Waals surface area contributed by atoms with Crippen LogP contribution in [0.2, 0.25) is 0 Å². The summed E-state index contributed by atoms with van der Waals surface area (Å²) < 4.78 is 4.88. The third kappa shape index (κ3) is 4.27. The summed E-state index contributed by atoms with van der Waals surface area (Å²) >= 11 is 0. The predicted octanol–water partition coefficient (Wildman–Crippen LogP) is -0.587. The maximum Gasteiger partial charge on any atom is 0.239 e. The molecule has 2 rings (SSSR count). The fourth-order valence-electron chi connectivity index (χ4n) is 2.23. The van der Waals surface area contributed by atoms with Crippen LogP contribution in [0.5, 0.6) is 0 Å². The molecule has 2 heterocycles. The number of carbonyl (C=O) groups is 2. The minimum Gasteiger partial charge on any atom is -0.360 e. The number of hydrogen-bond donors (Lipinski definition) is 2. The number of piperazine rings is 1. The summed E-state index contributed by atoms with van der Waals surface area (Å²) in [7, 11) is 0. The summed E-state index contributed by atoms with van der Waals surface area (Å²) in [6.45, 7) is 6.21. The maximum absolute atomic E-state index is 11.9. The summed E-state index contributed by atoms with van der Waals surface area (Å²) in [5, 5.41) is 6.39. The van der Waals surface area contributed by atoms with Crippen LogP contribution >= 0.6 is 0 Å². The first kappa shape index (κ1) is 15.5. The van der Waals surface area contributed by atoms with Crippen LogP contribution in [0.15, 0.2) is 10.6 Å². The van der Waals surface area contributed by atoms with E-state index < -0.39 is 6.04 Å². The first-order chi connectivity index (χ1) is 9.95. The second kappa shape index (κ2) is 6.68. The molecule has 1 aromatic heterocycles. The number of hydrogen-bond acceptors (Lipinski definition) is 6. The molecule has 0 bridgehead atoms. The molecule has 0 aromatic carbocycles. The zero-order chi connectivity index (χ0) is 15.4. The second-order valence-electron chi connectivity index (χ2n) is 5.26. The van der Waals surface area contributed by atoms with Crippen LogP contribution in [0.3, 0.4) is 0 Å². The maximum atomic E-state index is 11.9. The van der Waals surface area contributed by atoms with E-state index in [2.05, 4.69) is 10.5 Å². The summed E-state index contributed by atoms with van der Waals surface area (Å²) in [6.07, 6.45) is 0. The van der Waals surface area contributed by atoms with E-state index in [0.717, 1.165) is 0 Å². The number of nitrogens with two attached hydrogens (primary N) is 1. The highest BCUT2D eigenvalue weighted by Gasteiger charge is 2.24. The van der Waals surface area contributed by atoms with Crippen molar-refractivity contribution < 1.29 is 14.1 Å². The van der Waals surface area contributed by atoms with Gasteiger partial charge >= 0.3 is 0 Å². The highest BCUT2D eigenvalue weighted by Crippen LogP contribution is 2.08. The quantitative estimate of drug-likeness (QED) is 0.769. The lowest BCUT2D eigenvalue weighted by atomic mass is 10.2. The number of amides is 2. The highest BCUT2D eigenvalue weighted by atomic mass is 16.5. The molecule has 0 unspecified atom stereocenters. The van der Waals surface area contributed by atoms with Gasteiger partial charge in [-0.2, -0.15) is 0 Å². The molecule has 1 aromatic rings. The number of aromatic nitrogens is 1. The van der Waals surface area contributed by atoms with Crippen molar-refractivity contribution in [2.45, 2.75) is 19.9 Å². The Kier molecular flexibility index (Phi) is 4.92. The Labute approximate surface area is 123 Å². The zero-order valence-corrected chi connectivity index (χ0v) is 12.3. The third-order valence-electron chi connectivity index (χ3n) is 3.34. The van der Waals surface area contributed by atoms with Crippen molar-refractivity contribution in [1.82, 2.24) is 15.0 Å². The van der Waals surface area contributed by atoms with Gasteiger partial charge in [-0.1, -0.05) is 5.16 Å². The molecule has 0 radical (unpaired) electrons. The highest BCUT2D eigenvalue weighted by molar-refractivity contribution is 5.91. The van der Waals surface area contributed by atoms with E-state index in [9.17, 15) is 9.59 Å². The van der Waals surface area contributed by atoms with E-state index in [1.54, 1.807) is 24.8 Å². The van der Waals surface area contributed by atoms with Crippen LogP contribution in [-0.2, 0) is 9.59 Å². The molecule has 116 valence electrons. The van der Waals surface area contributed by atoms with E-state index in [4.69, 9.17) is 10.3 Å². The molecule has 0 aliphatic carbocycles. The standard InChI is InChI=1S/C13H21N5O3/c1-9-7-11(16-21-9)15-12(19)8-17-3-5-18(6-4-17)13(20)10(2)14/h7,10H,3-6,8,14H2,1-2H3,(H,15,16,19)/t10-/m1/s1. The van der Waals surface area contributed by atoms with Gasteiger partial charge in [0.05, 0.1) is 12.6 Å². The number of aryl methyl sites for hydroxylation is 1. The van der Waals surface area contributed by atoms with Crippen molar-refractivity contribution in [2.24, 2.45) is 5.73 Å². The van der Waals surface area contributed by atoms with Crippen molar-refractivity contribution in [3.8, 4) is 0 Å². The Hall–Kier alpha value is -1.93. The van der Waals surface area contributed by atoms with Gasteiger partial charge in [-0.25, -0.2) is 0 Å². The number of anilines is 1. The molecule has 0 saturated carbocycles. The fraction of sp³-hybridized carbons (Fsp3) is 0.615. The van der Waals surface area contributed by atoms with Gasteiger partial charge in [-0.3, -0.25) is 14.5 Å². The van der Waals surface area contributed by atoms with Gasteiger partial charge in [0, 0.05) is 32.2 Å². The lowest BCUT2D eigenvalue weighted by molar-refractivity contribution is -0.134. The molecule has 1 aliphatic rings. The van der Waals surface area contributed by atoms with Crippen LogP contribution in [0.1, 0.15) is 12.7 Å². The Morgan fingerprint density at radius 2 is 2.10 bits per heavy atom. The molecule has 1 saturated heterocycles. The third-order valence-corrected chi connectivity index (χ3v) is 3.34. The Morgan fingerprint density at radius 1 is 1.43 bits per heavy atom. The number of rotatable bonds is 4. The van der Waals surface area contributed by atoms with Crippen LogP contribution in [0.25, 0.3) is 0 Å². The van der Waals surface area contributed by atoms with E-state index in [1.807, 2.05) is 4.90 Å². The van der Waals surface area contributed by atoms with Crippen molar-refractivity contribution in [2.75, 3.05) is 38.0 Å². The van der Waals surface area contributed by atoms with Crippen molar-refractivity contribution in [1.29, 1.82) is 0 Å². The molecule has 1 aliphatic heterocycles. The molecular weight excluding hydrogens is 274 g/mol. The smallest absolute Gasteiger partial charge is 0.239 e. The first-order valence-electron chi connectivity index (χ1n) is 6.95. The molecular formula is C13H21N5O3. The number of nitrogens with one attached hydrogen (secondary N) is 1. The van der Waals surface area contributed by atoms with E-state index in [1.165, 1.54) is 0 Å². The van der Waals surface area contributed by atoms with E-state index in [0.29, 0.717) is 37.8 Å². The lowest BCUT2D eigenvalue weighted by Crippen LogP contribution is -2.53. The predicted molar refractivity (Wildman–Crippen MR) is 76.5 cm³/mol. The van der Waals surface area contributed by atoms with Gasteiger partial charge in [0.1, 0.15) is 5.76 Å². The average molecular weight is 295 g/mol. The van der Waals surface area contributed by atoms with Gasteiger partial charge in [-0.15, -0.1) is 0 Å². The zero-order valence-electron chi connectivity index (χ0n) is 12.3. The molecule has 1 fully saturated rings. The largest absolute Gasteiger partial charge is 0.360 e. The van der Waals surface area contributed by atoms with Crippen molar-refractivity contribution in [3.63, 3.8) is 0 Å². The molecule has 2 amide bonds. The fourth-order valence-corrected chi connectivity index (χ4v) is 2.23. The summed E-state index contributed by atoms with van der Waals surface area (Å²) in [5.41, 5.74) is 5.59. The second-order valence-corrected chi connectivity index (χ2v) is 5.26. The van der Waals surface area contributed by atoms with E-state index >= 15 is 0 Å². The molecule has 3 N–H and O–H groups in total. The minimum absolute atomic E-state index is 0.0443. The van der Waals surface area contributed by atoms with Crippen LogP contribution < -0.4 is 11.1 Å². The first-order valence-corrected chi connectivity index (χ1v) is 6.95. The van der Waals surface area contributed by atoms with Crippen LogP contribution in [-0.4, -0.2) is 65.5 Å². The van der Waals surface area contributed by atoms with E-state index in [-0.39, 0.29) is 18.4 Å². The van der Waals surface area contributed by atoms with Gasteiger partial charge in [-0.05, 0) is 13.8 Å². The van der Waals surface area contributed by atoms with Gasteiger partial charge < -0.3 is 20.5 Å². The Balaban J connectivity index is 1.75. The van der Waals surface area contributed by atoms with Gasteiger partial charge in [0.15, 0.2) is 5.82 Å². The van der Waals surface area contributed by atoms with Gasteiger partial charge in [0.2, 0.25) is 11.8 Å². The van der Waals surface area contributed by atoms with Crippen molar-refractivity contribution in [3.05, 3.63) is 11.8 Å². The topological polar surface area (TPSA) is 105 Å². The normalized spacial score (nSPS) is 17.6. The number of carbonyl (C=O) groups excluding carboxylic acids is 2. The Morgan fingerprint density at radius 3 is 2.62 bits per heavy atom. The van der Waals surface area contributed by atoms with Gasteiger partial charge in [0.25, 0.3) is 0 Å². The molecule has 1 atom stereocenters. The number of nitrogens with zero attached hydrogens (tertiary/aromatic N) is 3. The lowest BCUT2D eigenvalue weighted by Gasteiger charge is -2.35. The molecule has 8 nitrogen and oxygen atoms in total. The Bertz CT molecular complexity index is 506. The van der Waals surface area contributed by atoms with Crippen molar-refractivity contribution >= 4 is 17.6 Å². The molecule has 21 heavy (non-hydrogen) atoms. The minimum atomic E-state index is -0.477. The monoisotopic (exact) mass is 295 g/mol. The summed E-state index contributed by atoms with van der Waals surface area (Å²) in [5.74, 6) is 0.879. The summed E-state index contributed by atoms with van der Waals surface area (Å²) in [6, 6.07) is 1.19. The molecule has 0 spiro atoms.